The fourth-order valence-corrected chi connectivity index (χ4v) is 1.13. The number of guanidine groups is 2. The van der Waals surface area contributed by atoms with Crippen molar-refractivity contribution < 1.29 is 0 Å². The minimum atomic E-state index is -0.106. The van der Waals surface area contributed by atoms with Crippen LogP contribution in [-0.4, -0.2) is 26.0 Å². The summed E-state index contributed by atoms with van der Waals surface area (Å²) < 4.78 is 0. The second kappa shape index (κ2) is 8.43. The molecular formula is C10H18Cl2N6. The number of rotatable bonds is 2. The normalized spacial score (nSPS) is 9.78. The smallest absolute Gasteiger partial charge is 0.223 e. The van der Waals surface area contributed by atoms with E-state index in [2.05, 4.69) is 9.98 Å². The highest BCUT2D eigenvalue weighted by Crippen LogP contribution is 2.19. The first-order valence-corrected chi connectivity index (χ1v) is 4.70. The second-order valence-corrected chi connectivity index (χ2v) is 3.42. The molecule has 102 valence electrons. The molecule has 0 saturated heterocycles. The van der Waals surface area contributed by atoms with Crippen molar-refractivity contribution in [1.29, 1.82) is 0 Å². The summed E-state index contributed by atoms with van der Waals surface area (Å²) in [5, 5.41) is 0. The Hall–Kier alpha value is -1.66. The number of aliphatic imine (C=N–C) groups is 2. The molecular weight excluding hydrogens is 275 g/mol. The van der Waals surface area contributed by atoms with Crippen LogP contribution in [0.2, 0.25) is 0 Å². The van der Waals surface area contributed by atoms with E-state index in [9.17, 15) is 0 Å². The van der Waals surface area contributed by atoms with Crippen LogP contribution in [0.4, 0.5) is 11.4 Å². The molecule has 0 spiro atoms. The van der Waals surface area contributed by atoms with E-state index in [1.54, 1.807) is 0 Å². The highest BCUT2D eigenvalue weighted by molar-refractivity contribution is 5.93. The molecule has 6 N–H and O–H groups in total. The Kier molecular flexibility index (Phi) is 8.76. The Bertz CT molecular complexity index is 426. The average molecular weight is 293 g/mol. The van der Waals surface area contributed by atoms with E-state index in [1.165, 1.54) is 0 Å². The van der Waals surface area contributed by atoms with Crippen molar-refractivity contribution in [2.45, 2.75) is 0 Å². The minimum absolute atomic E-state index is 0. The highest BCUT2D eigenvalue weighted by atomic mass is 35.5. The van der Waals surface area contributed by atoms with Gasteiger partial charge in [0, 0.05) is 19.8 Å². The van der Waals surface area contributed by atoms with Gasteiger partial charge in [-0.2, -0.15) is 4.99 Å². The lowest BCUT2D eigenvalue weighted by atomic mass is 10.3. The van der Waals surface area contributed by atoms with Crippen molar-refractivity contribution in [2.24, 2.45) is 27.2 Å². The van der Waals surface area contributed by atoms with Gasteiger partial charge in [0.2, 0.25) is 5.96 Å². The van der Waals surface area contributed by atoms with Crippen molar-refractivity contribution >= 4 is 48.1 Å². The predicted octanol–water partition coefficient (Wildman–Crippen LogP) is 0.816. The molecule has 0 aliphatic carbocycles. The SMILES string of the molecule is CN(C)c1cccc(N=C(N)N=C(N)N)c1.Cl.Cl. The van der Waals surface area contributed by atoms with Crippen molar-refractivity contribution in [3.63, 3.8) is 0 Å². The van der Waals surface area contributed by atoms with Crippen molar-refractivity contribution in [2.75, 3.05) is 19.0 Å². The average Bonchev–Trinajstić information content (AvgIpc) is 2.16. The van der Waals surface area contributed by atoms with E-state index in [-0.39, 0.29) is 36.7 Å². The Morgan fingerprint density at radius 2 is 1.72 bits per heavy atom. The molecule has 1 aromatic rings. The van der Waals surface area contributed by atoms with E-state index in [1.807, 2.05) is 43.3 Å². The lowest BCUT2D eigenvalue weighted by Crippen LogP contribution is -2.26. The standard InChI is InChI=1S/C10H16N6.2ClH/c1-16(2)8-5-3-4-7(6-8)14-10(13)15-9(11)12;;/h3-6H,1-2H3,(H6,11,12,13,14,15);2*1H. The van der Waals surface area contributed by atoms with Crippen LogP contribution in [0.1, 0.15) is 0 Å². The number of anilines is 1. The number of hydrogen-bond donors (Lipinski definition) is 3. The number of nitrogens with two attached hydrogens (primary N) is 3. The number of hydrogen-bond acceptors (Lipinski definition) is 2. The van der Waals surface area contributed by atoms with E-state index in [4.69, 9.17) is 17.2 Å². The van der Waals surface area contributed by atoms with E-state index in [0.29, 0.717) is 5.69 Å². The maximum Gasteiger partial charge on any atom is 0.223 e. The minimum Gasteiger partial charge on any atom is -0.378 e. The predicted molar refractivity (Wildman–Crippen MR) is 82.4 cm³/mol. The van der Waals surface area contributed by atoms with E-state index < -0.39 is 0 Å². The van der Waals surface area contributed by atoms with Gasteiger partial charge in [-0.25, -0.2) is 4.99 Å². The van der Waals surface area contributed by atoms with Gasteiger partial charge >= 0.3 is 0 Å². The Labute approximate surface area is 119 Å². The summed E-state index contributed by atoms with van der Waals surface area (Å²) in [7, 11) is 3.89. The van der Waals surface area contributed by atoms with Crippen LogP contribution >= 0.6 is 24.8 Å². The Balaban J connectivity index is 0. The molecule has 0 unspecified atom stereocenters. The van der Waals surface area contributed by atoms with Gasteiger partial charge in [-0.15, -0.1) is 24.8 Å². The van der Waals surface area contributed by atoms with Crippen LogP contribution < -0.4 is 22.1 Å². The molecule has 0 fully saturated rings. The molecule has 0 aliphatic rings. The largest absolute Gasteiger partial charge is 0.378 e. The van der Waals surface area contributed by atoms with Gasteiger partial charge in [0.15, 0.2) is 5.96 Å². The van der Waals surface area contributed by atoms with Gasteiger partial charge < -0.3 is 22.1 Å². The van der Waals surface area contributed by atoms with Crippen LogP contribution in [-0.2, 0) is 0 Å². The van der Waals surface area contributed by atoms with Gasteiger partial charge in [0.25, 0.3) is 0 Å². The third-order valence-electron chi connectivity index (χ3n) is 1.83. The monoisotopic (exact) mass is 292 g/mol. The number of halogens is 2. The maximum atomic E-state index is 5.52. The van der Waals surface area contributed by atoms with Crippen LogP contribution in [0.15, 0.2) is 34.3 Å². The zero-order chi connectivity index (χ0) is 12.1. The highest BCUT2D eigenvalue weighted by Gasteiger charge is 1.97. The zero-order valence-corrected chi connectivity index (χ0v) is 11.8. The van der Waals surface area contributed by atoms with Crippen LogP contribution in [0, 0.1) is 0 Å². The Morgan fingerprint density at radius 1 is 1.11 bits per heavy atom. The molecule has 0 saturated carbocycles. The molecule has 18 heavy (non-hydrogen) atoms. The fourth-order valence-electron chi connectivity index (χ4n) is 1.13. The lowest BCUT2D eigenvalue weighted by Gasteiger charge is -2.12. The lowest BCUT2D eigenvalue weighted by molar-refractivity contribution is 1.13. The maximum absolute atomic E-state index is 5.52. The molecule has 0 bridgehead atoms. The summed E-state index contributed by atoms with van der Waals surface area (Å²) in [4.78, 5) is 9.66. The molecule has 0 aliphatic heterocycles. The molecule has 0 amide bonds. The molecule has 1 rings (SSSR count). The van der Waals surface area contributed by atoms with E-state index >= 15 is 0 Å². The molecule has 0 radical (unpaired) electrons. The summed E-state index contributed by atoms with van der Waals surface area (Å²) in [6.07, 6.45) is 0. The van der Waals surface area contributed by atoms with Crippen molar-refractivity contribution in [3.8, 4) is 0 Å². The molecule has 0 aromatic heterocycles. The van der Waals surface area contributed by atoms with Gasteiger partial charge in [0.1, 0.15) is 0 Å². The first-order chi connectivity index (χ1) is 7.49. The summed E-state index contributed by atoms with van der Waals surface area (Å²) in [6, 6.07) is 7.56. The van der Waals surface area contributed by atoms with Crippen molar-refractivity contribution in [3.05, 3.63) is 24.3 Å². The third kappa shape index (κ3) is 6.17. The van der Waals surface area contributed by atoms with E-state index in [0.717, 1.165) is 5.69 Å². The van der Waals surface area contributed by atoms with Gasteiger partial charge in [0.05, 0.1) is 5.69 Å². The van der Waals surface area contributed by atoms with Crippen LogP contribution in [0.3, 0.4) is 0 Å². The molecule has 6 nitrogen and oxygen atoms in total. The van der Waals surface area contributed by atoms with Crippen LogP contribution in [0.25, 0.3) is 0 Å². The molecule has 1 aromatic carbocycles. The quantitative estimate of drug-likeness (QED) is 0.554. The molecule has 0 atom stereocenters. The van der Waals surface area contributed by atoms with Gasteiger partial charge in [-0.1, -0.05) is 6.07 Å². The topological polar surface area (TPSA) is 106 Å². The fraction of sp³-hybridized carbons (Fsp3) is 0.200. The molecule has 0 heterocycles. The number of benzene rings is 1. The number of nitrogens with zero attached hydrogens (tertiary/aromatic N) is 3. The summed E-state index contributed by atoms with van der Waals surface area (Å²) >= 11 is 0. The second-order valence-electron chi connectivity index (χ2n) is 3.42. The van der Waals surface area contributed by atoms with Crippen LogP contribution in [0.5, 0.6) is 0 Å². The third-order valence-corrected chi connectivity index (χ3v) is 1.83. The summed E-state index contributed by atoms with van der Waals surface area (Å²) in [5.41, 5.74) is 17.6. The first kappa shape index (κ1) is 18.7. The summed E-state index contributed by atoms with van der Waals surface area (Å²) in [5.74, 6) is -0.0686. The Morgan fingerprint density at radius 3 is 2.22 bits per heavy atom. The first-order valence-electron chi connectivity index (χ1n) is 4.70. The van der Waals surface area contributed by atoms with Crippen molar-refractivity contribution in [1.82, 2.24) is 0 Å². The summed E-state index contributed by atoms with van der Waals surface area (Å²) in [6.45, 7) is 0. The van der Waals surface area contributed by atoms with Gasteiger partial charge in [-0.05, 0) is 18.2 Å². The zero-order valence-electron chi connectivity index (χ0n) is 10.2. The molecule has 8 heteroatoms. The van der Waals surface area contributed by atoms with Gasteiger partial charge in [-0.3, -0.25) is 0 Å².